The zero-order valence-corrected chi connectivity index (χ0v) is 10.7. The van der Waals surface area contributed by atoms with Crippen molar-refractivity contribution < 1.29 is 18.0 Å². The molecule has 2 N–H and O–H groups in total. The third kappa shape index (κ3) is 3.35. The van der Waals surface area contributed by atoms with Gasteiger partial charge in [0.1, 0.15) is 6.04 Å². The van der Waals surface area contributed by atoms with Crippen molar-refractivity contribution in [2.24, 2.45) is 5.73 Å². The number of nitrogens with zero attached hydrogens (tertiary/aromatic N) is 2. The van der Waals surface area contributed by atoms with Gasteiger partial charge in [-0.05, 0) is 19.4 Å². The van der Waals surface area contributed by atoms with Gasteiger partial charge in [-0.25, -0.2) is 0 Å². The van der Waals surface area contributed by atoms with Crippen LogP contribution in [0.2, 0.25) is 0 Å². The van der Waals surface area contributed by atoms with Crippen LogP contribution in [0.1, 0.15) is 19.3 Å². The molecule has 2 atom stereocenters. The number of amides is 1. The molecule has 0 saturated carbocycles. The van der Waals surface area contributed by atoms with Crippen LogP contribution in [-0.4, -0.2) is 61.2 Å². The highest BCUT2D eigenvalue weighted by atomic mass is 19.4. The van der Waals surface area contributed by atoms with Crippen LogP contribution in [0.3, 0.4) is 0 Å². The van der Waals surface area contributed by atoms with E-state index in [1.165, 1.54) is 9.80 Å². The largest absolute Gasteiger partial charge is 0.405 e. The molecule has 7 heteroatoms. The Morgan fingerprint density at radius 1 is 1.44 bits per heavy atom. The number of likely N-dealkylation sites (N-methyl/N-ethyl adjacent to an activating group) is 1. The van der Waals surface area contributed by atoms with Crippen molar-refractivity contribution in [2.75, 3.05) is 27.2 Å². The van der Waals surface area contributed by atoms with Gasteiger partial charge < -0.3 is 10.6 Å². The molecule has 0 unspecified atom stereocenters. The van der Waals surface area contributed by atoms with E-state index in [0.29, 0.717) is 12.8 Å². The Hall–Kier alpha value is -0.820. The first-order chi connectivity index (χ1) is 8.29. The van der Waals surface area contributed by atoms with E-state index in [2.05, 4.69) is 0 Å². The van der Waals surface area contributed by atoms with Crippen LogP contribution < -0.4 is 5.73 Å². The number of hydrogen-bond donors (Lipinski definition) is 1. The lowest BCUT2D eigenvalue weighted by Crippen LogP contribution is -2.59. The molecule has 0 aromatic rings. The molecule has 0 aromatic heterocycles. The van der Waals surface area contributed by atoms with Crippen molar-refractivity contribution in [2.45, 2.75) is 37.5 Å². The molecule has 1 fully saturated rings. The summed E-state index contributed by atoms with van der Waals surface area (Å²) in [4.78, 5) is 14.5. The molecule has 106 valence electrons. The van der Waals surface area contributed by atoms with Gasteiger partial charge >= 0.3 is 6.18 Å². The summed E-state index contributed by atoms with van der Waals surface area (Å²) in [5, 5.41) is 0. The Bertz CT molecular complexity index is 294. The van der Waals surface area contributed by atoms with E-state index in [9.17, 15) is 18.0 Å². The Morgan fingerprint density at radius 3 is 2.50 bits per heavy atom. The number of piperidine rings is 1. The average molecular weight is 267 g/mol. The number of alkyl halides is 3. The topological polar surface area (TPSA) is 49.6 Å². The van der Waals surface area contributed by atoms with Crippen molar-refractivity contribution >= 4 is 5.91 Å². The van der Waals surface area contributed by atoms with E-state index in [1.807, 2.05) is 0 Å². The number of nitrogens with two attached hydrogens (primary N) is 1. The van der Waals surface area contributed by atoms with E-state index in [1.54, 1.807) is 14.1 Å². The fourth-order valence-corrected chi connectivity index (χ4v) is 2.35. The molecule has 1 aliphatic rings. The van der Waals surface area contributed by atoms with Gasteiger partial charge in [-0.15, -0.1) is 0 Å². The Morgan fingerprint density at radius 2 is 2.06 bits per heavy atom. The normalized spacial score (nSPS) is 23.8. The molecule has 1 aliphatic heterocycles. The third-order valence-electron chi connectivity index (χ3n) is 3.27. The highest BCUT2D eigenvalue weighted by Crippen LogP contribution is 2.30. The second-order valence-electron chi connectivity index (χ2n) is 4.78. The first-order valence-electron chi connectivity index (χ1n) is 6.02. The van der Waals surface area contributed by atoms with Gasteiger partial charge in [0, 0.05) is 20.6 Å². The maximum Gasteiger partial charge on any atom is 0.405 e. The van der Waals surface area contributed by atoms with Crippen LogP contribution >= 0.6 is 0 Å². The molecular formula is C11H20F3N3O. The van der Waals surface area contributed by atoms with Crippen molar-refractivity contribution in [1.29, 1.82) is 0 Å². The maximum absolute atomic E-state index is 12.9. The number of halogens is 3. The molecule has 1 saturated heterocycles. The van der Waals surface area contributed by atoms with E-state index in [4.69, 9.17) is 5.73 Å². The maximum atomic E-state index is 12.9. The van der Waals surface area contributed by atoms with Crippen LogP contribution in [-0.2, 0) is 4.79 Å². The average Bonchev–Trinajstić information content (AvgIpc) is 2.27. The summed E-state index contributed by atoms with van der Waals surface area (Å²) in [5.41, 5.74) is 5.24. The predicted octanol–water partition coefficient (Wildman–Crippen LogP) is 0.819. The summed E-state index contributed by atoms with van der Waals surface area (Å²) in [6.07, 6.45) is -2.49. The van der Waals surface area contributed by atoms with Crippen molar-refractivity contribution in [3.05, 3.63) is 0 Å². The molecule has 1 heterocycles. The molecule has 0 spiro atoms. The van der Waals surface area contributed by atoms with Gasteiger partial charge in [0.25, 0.3) is 0 Å². The van der Waals surface area contributed by atoms with Gasteiger partial charge in [-0.2, -0.15) is 13.2 Å². The first-order valence-corrected chi connectivity index (χ1v) is 6.02. The molecule has 0 radical (unpaired) electrons. The molecule has 0 bridgehead atoms. The number of carbonyl (C=O) groups excluding carboxylic acids is 1. The summed E-state index contributed by atoms with van der Waals surface area (Å²) >= 11 is 0. The Kier molecular flexibility index (Phi) is 4.98. The molecule has 18 heavy (non-hydrogen) atoms. The zero-order valence-electron chi connectivity index (χ0n) is 10.7. The number of hydrogen-bond acceptors (Lipinski definition) is 3. The summed E-state index contributed by atoms with van der Waals surface area (Å²) in [6, 6.07) is -2.43. The van der Waals surface area contributed by atoms with Gasteiger partial charge in [0.15, 0.2) is 0 Å². The van der Waals surface area contributed by atoms with Crippen LogP contribution in [0, 0.1) is 0 Å². The monoisotopic (exact) mass is 267 g/mol. The summed E-state index contributed by atoms with van der Waals surface area (Å²) in [5.74, 6) is -0.280. The van der Waals surface area contributed by atoms with Crippen LogP contribution in [0.15, 0.2) is 0 Å². The summed E-state index contributed by atoms with van der Waals surface area (Å²) in [7, 11) is 3.11. The van der Waals surface area contributed by atoms with Crippen LogP contribution in [0.25, 0.3) is 0 Å². The number of likely N-dealkylation sites (tertiary alicyclic amines) is 1. The van der Waals surface area contributed by atoms with Crippen LogP contribution in [0.5, 0.6) is 0 Å². The smallest absolute Gasteiger partial charge is 0.347 e. The fraction of sp³-hybridized carbons (Fsp3) is 0.909. The highest BCUT2D eigenvalue weighted by Gasteiger charge is 2.47. The SMILES string of the molecule is CN(C)C(=O)[C@@H]1CCCCN1[C@@H](CN)C(F)(F)F. The molecule has 0 aromatic carbocycles. The fourth-order valence-electron chi connectivity index (χ4n) is 2.35. The second-order valence-corrected chi connectivity index (χ2v) is 4.78. The second kappa shape index (κ2) is 5.88. The first kappa shape index (κ1) is 15.2. The van der Waals surface area contributed by atoms with Gasteiger partial charge in [0.2, 0.25) is 5.91 Å². The van der Waals surface area contributed by atoms with Crippen molar-refractivity contribution in [1.82, 2.24) is 9.80 Å². The molecule has 1 amide bonds. The zero-order chi connectivity index (χ0) is 13.9. The summed E-state index contributed by atoms with van der Waals surface area (Å²) < 4.78 is 38.7. The highest BCUT2D eigenvalue weighted by molar-refractivity contribution is 5.81. The van der Waals surface area contributed by atoms with E-state index >= 15 is 0 Å². The van der Waals surface area contributed by atoms with Crippen molar-refractivity contribution in [3.8, 4) is 0 Å². The number of carbonyl (C=O) groups is 1. The summed E-state index contributed by atoms with van der Waals surface area (Å²) in [6.45, 7) is -0.244. The van der Waals surface area contributed by atoms with Crippen molar-refractivity contribution in [3.63, 3.8) is 0 Å². The lowest BCUT2D eigenvalue weighted by Gasteiger charge is -2.41. The van der Waals surface area contributed by atoms with E-state index < -0.39 is 24.8 Å². The van der Waals surface area contributed by atoms with Gasteiger partial charge in [-0.3, -0.25) is 9.69 Å². The predicted molar refractivity (Wildman–Crippen MR) is 61.9 cm³/mol. The van der Waals surface area contributed by atoms with E-state index in [0.717, 1.165) is 6.42 Å². The lowest BCUT2D eigenvalue weighted by atomic mass is 9.98. The van der Waals surface area contributed by atoms with E-state index in [-0.39, 0.29) is 12.5 Å². The molecule has 1 rings (SSSR count). The lowest BCUT2D eigenvalue weighted by molar-refractivity contribution is -0.192. The number of rotatable bonds is 3. The molecular weight excluding hydrogens is 247 g/mol. The minimum atomic E-state index is -4.39. The standard InChI is InChI=1S/C11H20F3N3O/c1-16(2)10(18)8-5-3-4-6-17(8)9(7-15)11(12,13)14/h8-9H,3-7,15H2,1-2H3/t8-,9-/m0/s1. The molecule has 4 nitrogen and oxygen atoms in total. The third-order valence-corrected chi connectivity index (χ3v) is 3.27. The Balaban J connectivity index is 2.91. The minimum absolute atomic E-state index is 0.269. The molecule has 0 aliphatic carbocycles. The van der Waals surface area contributed by atoms with Gasteiger partial charge in [0.05, 0.1) is 6.04 Å². The minimum Gasteiger partial charge on any atom is -0.347 e. The quantitative estimate of drug-likeness (QED) is 0.823. The Labute approximate surface area is 105 Å². The van der Waals surface area contributed by atoms with Crippen LogP contribution in [0.4, 0.5) is 13.2 Å². The van der Waals surface area contributed by atoms with Gasteiger partial charge in [-0.1, -0.05) is 6.42 Å².